The van der Waals surface area contributed by atoms with E-state index in [0.717, 1.165) is 4.31 Å². The van der Waals surface area contributed by atoms with Gasteiger partial charge in [-0.15, -0.1) is 0 Å². The van der Waals surface area contributed by atoms with Crippen LogP contribution in [0.25, 0.3) is 0 Å². The van der Waals surface area contributed by atoms with E-state index in [4.69, 9.17) is 9.15 Å². The molecule has 0 aliphatic rings. The number of rotatable bonds is 7. The molecule has 0 bridgehead atoms. The third-order valence-electron chi connectivity index (χ3n) is 3.36. The second-order valence-corrected chi connectivity index (χ2v) is 7.25. The van der Waals surface area contributed by atoms with Crippen LogP contribution >= 0.6 is 0 Å². The van der Waals surface area contributed by atoms with Crippen LogP contribution < -0.4 is 10.2 Å². The van der Waals surface area contributed by atoms with E-state index in [9.17, 15) is 13.2 Å². The van der Waals surface area contributed by atoms with Gasteiger partial charge in [0.1, 0.15) is 11.5 Å². The van der Waals surface area contributed by atoms with Gasteiger partial charge in [-0.3, -0.25) is 4.79 Å². The summed E-state index contributed by atoms with van der Waals surface area (Å²) in [6, 6.07) is 7.85. The lowest BCUT2D eigenvalue weighted by Gasteiger charge is -2.17. The van der Waals surface area contributed by atoms with Gasteiger partial charge >= 0.3 is 0 Å². The van der Waals surface area contributed by atoms with Gasteiger partial charge < -0.3 is 9.15 Å². The number of likely N-dealkylation sites (N-methyl/N-ethyl adjacent to an activating group) is 1. The van der Waals surface area contributed by atoms with Crippen molar-refractivity contribution < 1.29 is 22.4 Å². The molecule has 1 N–H and O–H groups in total. The first kappa shape index (κ1) is 18.7. The van der Waals surface area contributed by atoms with Gasteiger partial charge in [0.25, 0.3) is 5.91 Å². The Morgan fingerprint density at radius 2 is 2.16 bits per heavy atom. The van der Waals surface area contributed by atoms with Crippen LogP contribution in [-0.2, 0) is 14.8 Å². The number of amides is 1. The Labute approximate surface area is 146 Å². The van der Waals surface area contributed by atoms with E-state index in [-0.39, 0.29) is 11.4 Å². The molecule has 0 aliphatic carbocycles. The first-order chi connectivity index (χ1) is 11.8. The zero-order chi connectivity index (χ0) is 18.4. The molecule has 1 amide bonds. The van der Waals surface area contributed by atoms with Gasteiger partial charge in [0.2, 0.25) is 10.0 Å². The van der Waals surface area contributed by atoms with Crippen LogP contribution in [0.3, 0.4) is 0 Å². The van der Waals surface area contributed by atoms with E-state index >= 15 is 0 Å². The third kappa shape index (κ3) is 4.68. The molecule has 1 aromatic carbocycles. The summed E-state index contributed by atoms with van der Waals surface area (Å²) in [6.07, 6.45) is 2.79. The molecule has 9 heteroatoms. The SMILES string of the molecule is COc1ccc(S(=O)(=O)N(C)CC(=O)N/N=C/c2ccco2)cc1C. The van der Waals surface area contributed by atoms with Crippen molar-refractivity contribution in [1.82, 2.24) is 9.73 Å². The molecule has 134 valence electrons. The lowest BCUT2D eigenvalue weighted by atomic mass is 10.2. The van der Waals surface area contributed by atoms with Gasteiger partial charge in [0.15, 0.2) is 0 Å². The minimum absolute atomic E-state index is 0.0835. The quantitative estimate of drug-likeness (QED) is 0.590. The number of nitrogens with one attached hydrogen (secondary N) is 1. The van der Waals surface area contributed by atoms with Crippen LogP contribution in [0, 0.1) is 6.92 Å². The fraction of sp³-hybridized carbons (Fsp3) is 0.250. The molecule has 0 saturated carbocycles. The van der Waals surface area contributed by atoms with Gasteiger partial charge in [0, 0.05) is 7.05 Å². The van der Waals surface area contributed by atoms with Crippen molar-refractivity contribution in [2.24, 2.45) is 5.10 Å². The highest BCUT2D eigenvalue weighted by molar-refractivity contribution is 7.89. The number of hydrogen-bond acceptors (Lipinski definition) is 6. The number of hydrogen-bond donors (Lipinski definition) is 1. The smallest absolute Gasteiger partial charge is 0.255 e. The van der Waals surface area contributed by atoms with Crippen LogP contribution in [0.2, 0.25) is 0 Å². The van der Waals surface area contributed by atoms with Crippen molar-refractivity contribution in [2.45, 2.75) is 11.8 Å². The first-order valence-electron chi connectivity index (χ1n) is 7.31. The molecule has 2 rings (SSSR count). The summed E-state index contributed by atoms with van der Waals surface area (Å²) in [4.78, 5) is 11.9. The summed E-state index contributed by atoms with van der Waals surface area (Å²) in [5.74, 6) is 0.487. The maximum atomic E-state index is 12.5. The van der Waals surface area contributed by atoms with E-state index in [1.54, 1.807) is 25.1 Å². The summed E-state index contributed by atoms with van der Waals surface area (Å²) in [5.41, 5.74) is 2.93. The molecule has 8 nitrogen and oxygen atoms in total. The molecule has 0 saturated heterocycles. The maximum Gasteiger partial charge on any atom is 0.255 e. The largest absolute Gasteiger partial charge is 0.496 e. The van der Waals surface area contributed by atoms with Crippen LogP contribution in [0.15, 0.2) is 51.0 Å². The van der Waals surface area contributed by atoms with E-state index in [2.05, 4.69) is 10.5 Å². The number of furan rings is 1. The Morgan fingerprint density at radius 1 is 1.40 bits per heavy atom. The van der Waals surface area contributed by atoms with Crippen LogP contribution in [0.4, 0.5) is 0 Å². The number of carbonyl (C=O) groups is 1. The standard InChI is InChI=1S/C16H19N3O5S/c1-12-9-14(6-7-15(12)23-3)25(21,22)19(2)11-16(20)18-17-10-13-5-4-8-24-13/h4-10H,11H2,1-3H3,(H,18,20)/b17-10+. The van der Waals surface area contributed by atoms with Crippen molar-refractivity contribution in [1.29, 1.82) is 0 Å². The van der Waals surface area contributed by atoms with E-state index in [1.807, 2.05) is 0 Å². The Morgan fingerprint density at radius 3 is 2.76 bits per heavy atom. The molecule has 0 spiro atoms. The molecule has 25 heavy (non-hydrogen) atoms. The number of sulfonamides is 1. The van der Waals surface area contributed by atoms with E-state index in [1.165, 1.54) is 38.8 Å². The fourth-order valence-corrected chi connectivity index (χ4v) is 3.26. The Bertz CT molecular complexity index is 860. The minimum atomic E-state index is -3.80. The highest BCUT2D eigenvalue weighted by Crippen LogP contribution is 2.23. The van der Waals surface area contributed by atoms with Crippen molar-refractivity contribution in [3.05, 3.63) is 47.9 Å². The second-order valence-electron chi connectivity index (χ2n) is 5.20. The van der Waals surface area contributed by atoms with Crippen molar-refractivity contribution in [2.75, 3.05) is 20.7 Å². The van der Waals surface area contributed by atoms with Crippen molar-refractivity contribution >= 4 is 22.1 Å². The minimum Gasteiger partial charge on any atom is -0.496 e. The van der Waals surface area contributed by atoms with Crippen LogP contribution in [-0.4, -0.2) is 45.5 Å². The number of benzene rings is 1. The van der Waals surface area contributed by atoms with Gasteiger partial charge in [-0.05, 0) is 42.8 Å². The number of nitrogens with zero attached hydrogens (tertiary/aromatic N) is 2. The van der Waals surface area contributed by atoms with Crippen molar-refractivity contribution in [3.8, 4) is 5.75 Å². The number of methoxy groups -OCH3 is 1. The molecular formula is C16H19N3O5S. The fourth-order valence-electron chi connectivity index (χ4n) is 2.05. The Hall–Kier alpha value is -2.65. The van der Waals surface area contributed by atoms with E-state index in [0.29, 0.717) is 17.1 Å². The predicted octanol–water partition coefficient (Wildman–Crippen LogP) is 1.37. The third-order valence-corrected chi connectivity index (χ3v) is 5.16. The highest BCUT2D eigenvalue weighted by atomic mass is 32.2. The molecule has 2 aromatic rings. The summed E-state index contributed by atoms with van der Waals surface area (Å²) in [5, 5.41) is 3.70. The summed E-state index contributed by atoms with van der Waals surface area (Å²) >= 11 is 0. The number of carbonyl (C=O) groups excluding carboxylic acids is 1. The lowest BCUT2D eigenvalue weighted by molar-refractivity contribution is -0.121. The molecule has 0 fully saturated rings. The average Bonchev–Trinajstić information content (AvgIpc) is 3.08. The molecule has 1 aromatic heterocycles. The second kappa shape index (κ2) is 7.95. The van der Waals surface area contributed by atoms with Crippen molar-refractivity contribution in [3.63, 3.8) is 0 Å². The number of ether oxygens (including phenoxy) is 1. The molecule has 0 atom stereocenters. The number of aryl methyl sites for hydroxylation is 1. The lowest BCUT2D eigenvalue weighted by Crippen LogP contribution is -2.36. The topological polar surface area (TPSA) is 101 Å². The summed E-state index contributed by atoms with van der Waals surface area (Å²) in [6.45, 7) is 1.37. The zero-order valence-electron chi connectivity index (χ0n) is 14.1. The van der Waals surface area contributed by atoms with Crippen LogP contribution in [0.5, 0.6) is 5.75 Å². The van der Waals surface area contributed by atoms with Gasteiger partial charge in [-0.2, -0.15) is 9.41 Å². The average molecular weight is 365 g/mol. The normalized spacial score (nSPS) is 11.8. The van der Waals surface area contributed by atoms with Gasteiger partial charge in [-0.1, -0.05) is 0 Å². The molecule has 0 radical (unpaired) electrons. The first-order valence-corrected chi connectivity index (χ1v) is 8.75. The Balaban J connectivity index is 2.01. The molecule has 0 unspecified atom stereocenters. The van der Waals surface area contributed by atoms with E-state index < -0.39 is 15.9 Å². The highest BCUT2D eigenvalue weighted by Gasteiger charge is 2.23. The summed E-state index contributed by atoms with van der Waals surface area (Å²) in [7, 11) is -0.969. The zero-order valence-corrected chi connectivity index (χ0v) is 14.9. The maximum absolute atomic E-state index is 12.5. The molecule has 1 heterocycles. The van der Waals surface area contributed by atoms with Gasteiger partial charge in [-0.25, -0.2) is 13.8 Å². The van der Waals surface area contributed by atoms with Gasteiger partial charge in [0.05, 0.1) is 31.0 Å². The predicted molar refractivity (Wildman–Crippen MR) is 92.0 cm³/mol. The monoisotopic (exact) mass is 365 g/mol. The number of hydrazone groups is 1. The summed E-state index contributed by atoms with van der Waals surface area (Å²) < 4.78 is 36.2. The molecule has 0 aliphatic heterocycles. The molecular weight excluding hydrogens is 346 g/mol. The Kier molecular flexibility index (Phi) is 5.94. The van der Waals surface area contributed by atoms with Crippen LogP contribution in [0.1, 0.15) is 11.3 Å².